The van der Waals surface area contributed by atoms with Gasteiger partial charge in [0.2, 0.25) is 0 Å². The summed E-state index contributed by atoms with van der Waals surface area (Å²) >= 11 is 0. The summed E-state index contributed by atoms with van der Waals surface area (Å²) in [6.07, 6.45) is 0. The van der Waals surface area contributed by atoms with E-state index < -0.39 is 7.75 Å². The number of piperazine rings is 1. The number of hydroxylamine groups is 2. The Morgan fingerprint density at radius 3 is 2.10 bits per heavy atom. The molecule has 0 aromatic heterocycles. The van der Waals surface area contributed by atoms with Crippen molar-refractivity contribution < 1.29 is 23.9 Å². The van der Waals surface area contributed by atoms with E-state index in [0.29, 0.717) is 19.7 Å². The van der Waals surface area contributed by atoms with Crippen molar-refractivity contribution in [2.24, 2.45) is 10.9 Å². The summed E-state index contributed by atoms with van der Waals surface area (Å²) in [7, 11) is -3.46. The number of aliphatic hydroxyl groups excluding tert-OH is 2. The summed E-state index contributed by atoms with van der Waals surface area (Å²) in [6.45, 7) is 8.96. The van der Waals surface area contributed by atoms with Gasteiger partial charge in [0, 0.05) is 26.2 Å². The van der Waals surface area contributed by atoms with Crippen molar-refractivity contribution in [1.29, 1.82) is 0 Å². The third kappa shape index (κ3) is 14.9. The summed E-state index contributed by atoms with van der Waals surface area (Å²) in [5.41, 5.74) is 5.42. The minimum atomic E-state index is -3.46. The monoisotopic (exact) mass is 349 g/mol. The molecule has 130 valence electrons. The number of rotatable bonds is 5. The molecule has 0 aromatic carbocycles. The maximum Gasteiger partial charge on any atom is 0.419 e. The number of nitrogens with one attached hydrogen (secondary N) is 1. The lowest BCUT2D eigenvalue weighted by Gasteiger charge is -2.29. The Kier molecular flexibility index (Phi) is 13.2. The zero-order valence-corrected chi connectivity index (χ0v) is 14.7. The Morgan fingerprint density at radius 2 is 1.71 bits per heavy atom. The third-order valence-corrected chi connectivity index (χ3v) is 3.03. The van der Waals surface area contributed by atoms with Gasteiger partial charge in [0.1, 0.15) is 0 Å². The standard InChI is InChI=1S/C9H22N3O3P.C2H6O2.ClH/c1-9(2,3)8-14-16(10,13)15-12-6-4-11-5-7-12;3-1-2-4;/h11H,4-8H2,1-3H3,(H2,10,13);3-4H,1-2H2;1H. The lowest BCUT2D eigenvalue weighted by atomic mass is 9.99. The Morgan fingerprint density at radius 1 is 1.24 bits per heavy atom. The molecule has 1 fully saturated rings. The van der Waals surface area contributed by atoms with Gasteiger partial charge in [-0.1, -0.05) is 20.8 Å². The van der Waals surface area contributed by atoms with Crippen molar-refractivity contribution >= 4 is 20.2 Å². The number of halogens is 1. The maximum atomic E-state index is 11.8. The van der Waals surface area contributed by atoms with Gasteiger partial charge >= 0.3 is 7.75 Å². The van der Waals surface area contributed by atoms with Gasteiger partial charge in [-0.05, 0) is 5.41 Å². The van der Waals surface area contributed by atoms with Crippen LogP contribution < -0.4 is 10.8 Å². The molecule has 1 unspecified atom stereocenters. The topological polar surface area (TPSA) is 117 Å². The summed E-state index contributed by atoms with van der Waals surface area (Å²) in [6, 6.07) is 0. The van der Waals surface area contributed by atoms with Crippen molar-refractivity contribution in [3.63, 3.8) is 0 Å². The molecule has 8 nitrogen and oxygen atoms in total. The predicted octanol–water partition coefficient (Wildman–Crippen LogP) is 0.345. The minimum absolute atomic E-state index is 0. The number of hydrogen-bond donors (Lipinski definition) is 4. The van der Waals surface area contributed by atoms with Crippen LogP contribution in [0.5, 0.6) is 0 Å². The first-order valence-electron chi connectivity index (χ1n) is 6.60. The van der Waals surface area contributed by atoms with Crippen molar-refractivity contribution in [1.82, 2.24) is 10.4 Å². The molecule has 1 heterocycles. The van der Waals surface area contributed by atoms with Gasteiger partial charge < -0.3 is 15.5 Å². The Balaban J connectivity index is 0. The lowest BCUT2D eigenvalue weighted by Crippen LogP contribution is -2.43. The molecule has 0 spiro atoms. The van der Waals surface area contributed by atoms with Crippen LogP contribution in [0.25, 0.3) is 0 Å². The average molecular weight is 350 g/mol. The summed E-state index contributed by atoms with van der Waals surface area (Å²) < 4.78 is 22.1. The van der Waals surface area contributed by atoms with Crippen LogP contribution in [0, 0.1) is 5.41 Å². The molecule has 0 bridgehead atoms. The van der Waals surface area contributed by atoms with Crippen molar-refractivity contribution in [3.8, 4) is 0 Å². The van der Waals surface area contributed by atoms with Crippen molar-refractivity contribution in [2.45, 2.75) is 20.8 Å². The second kappa shape index (κ2) is 11.8. The highest BCUT2D eigenvalue weighted by Gasteiger charge is 2.26. The molecule has 0 aliphatic carbocycles. The van der Waals surface area contributed by atoms with Gasteiger partial charge in [-0.2, -0.15) is 5.06 Å². The van der Waals surface area contributed by atoms with E-state index in [1.807, 2.05) is 20.8 Å². The quantitative estimate of drug-likeness (QED) is 0.525. The van der Waals surface area contributed by atoms with E-state index >= 15 is 0 Å². The largest absolute Gasteiger partial charge is 0.419 e. The van der Waals surface area contributed by atoms with E-state index in [9.17, 15) is 4.57 Å². The van der Waals surface area contributed by atoms with E-state index in [1.165, 1.54) is 0 Å². The van der Waals surface area contributed by atoms with Crippen LogP contribution in [0.3, 0.4) is 0 Å². The molecule has 21 heavy (non-hydrogen) atoms. The highest BCUT2D eigenvalue weighted by atomic mass is 35.5. The fourth-order valence-electron chi connectivity index (χ4n) is 1.19. The van der Waals surface area contributed by atoms with Crippen LogP contribution in [0.1, 0.15) is 20.8 Å². The molecule has 0 amide bonds. The number of nitrogens with two attached hydrogens (primary N) is 1. The molecular formula is C11H29ClN3O5P. The molecular weight excluding hydrogens is 321 g/mol. The first-order chi connectivity index (χ1) is 9.20. The van der Waals surface area contributed by atoms with Gasteiger partial charge in [-0.25, -0.2) is 14.7 Å². The molecule has 0 aromatic rings. The SMILES string of the molecule is CC(C)(C)COP(N)(=O)ON1CCNCC1.Cl.OCCO. The van der Waals surface area contributed by atoms with Crippen LogP contribution in [0.4, 0.5) is 0 Å². The first kappa shape index (κ1) is 23.5. The van der Waals surface area contributed by atoms with Crippen LogP contribution in [0.2, 0.25) is 0 Å². The summed E-state index contributed by atoms with van der Waals surface area (Å²) in [5, 5.41) is 20.0. The normalized spacial score (nSPS) is 19.0. The van der Waals surface area contributed by atoms with Crippen LogP contribution in [0.15, 0.2) is 0 Å². The highest BCUT2D eigenvalue weighted by molar-refractivity contribution is 7.51. The zero-order chi connectivity index (χ0) is 15.6. The predicted molar refractivity (Wildman–Crippen MR) is 84.1 cm³/mol. The van der Waals surface area contributed by atoms with E-state index in [4.69, 9.17) is 24.9 Å². The van der Waals surface area contributed by atoms with Crippen LogP contribution >= 0.6 is 20.2 Å². The Bertz CT molecular complexity index is 296. The number of nitrogens with zero attached hydrogens (tertiary/aromatic N) is 1. The van der Waals surface area contributed by atoms with Gasteiger partial charge in [0.05, 0.1) is 19.8 Å². The molecule has 1 aliphatic rings. The van der Waals surface area contributed by atoms with Crippen LogP contribution in [-0.2, 0) is 13.7 Å². The lowest BCUT2D eigenvalue weighted by molar-refractivity contribution is -0.0809. The first-order valence-corrected chi connectivity index (χ1v) is 8.21. The smallest absolute Gasteiger partial charge is 0.394 e. The van der Waals surface area contributed by atoms with Gasteiger partial charge in [0.15, 0.2) is 0 Å². The number of hydrogen-bond acceptors (Lipinski definition) is 7. The minimum Gasteiger partial charge on any atom is -0.394 e. The molecule has 1 aliphatic heterocycles. The zero-order valence-electron chi connectivity index (χ0n) is 12.9. The van der Waals surface area contributed by atoms with Crippen molar-refractivity contribution in [3.05, 3.63) is 0 Å². The van der Waals surface area contributed by atoms with Gasteiger partial charge in [-0.3, -0.25) is 4.52 Å². The fraction of sp³-hybridized carbons (Fsp3) is 1.00. The second-order valence-electron chi connectivity index (χ2n) is 5.58. The molecule has 1 rings (SSSR count). The Hall–Kier alpha value is 0.240. The van der Waals surface area contributed by atoms with Gasteiger partial charge in [-0.15, -0.1) is 12.4 Å². The fourth-order valence-corrected chi connectivity index (χ4v) is 2.29. The summed E-state index contributed by atoms with van der Waals surface area (Å²) in [5.74, 6) is 0. The molecule has 0 radical (unpaired) electrons. The molecule has 1 atom stereocenters. The van der Waals surface area contributed by atoms with E-state index in [0.717, 1.165) is 13.1 Å². The summed E-state index contributed by atoms with van der Waals surface area (Å²) in [4.78, 5) is 0. The second-order valence-corrected chi connectivity index (χ2v) is 7.08. The van der Waals surface area contributed by atoms with E-state index in [1.54, 1.807) is 5.06 Å². The molecule has 10 heteroatoms. The third-order valence-electron chi connectivity index (χ3n) is 2.08. The molecule has 1 saturated heterocycles. The number of aliphatic hydroxyl groups is 2. The van der Waals surface area contributed by atoms with E-state index in [2.05, 4.69) is 5.32 Å². The average Bonchev–Trinajstić information content (AvgIpc) is 2.37. The maximum absolute atomic E-state index is 11.8. The van der Waals surface area contributed by atoms with E-state index in [-0.39, 0.29) is 31.0 Å². The highest BCUT2D eigenvalue weighted by Crippen LogP contribution is 2.41. The van der Waals surface area contributed by atoms with Gasteiger partial charge in [0.25, 0.3) is 0 Å². The molecule has 5 N–H and O–H groups in total. The molecule has 0 saturated carbocycles. The van der Waals surface area contributed by atoms with Crippen molar-refractivity contribution in [2.75, 3.05) is 46.0 Å². The van der Waals surface area contributed by atoms with Crippen LogP contribution in [-0.4, -0.2) is 61.3 Å². The Labute approximate surface area is 132 Å².